The minimum absolute atomic E-state index is 0.0247. The summed E-state index contributed by atoms with van der Waals surface area (Å²) in [6.45, 7) is 3.41. The first-order valence-electron chi connectivity index (χ1n) is 9.32. The summed E-state index contributed by atoms with van der Waals surface area (Å²) in [7, 11) is 1.54. The molecule has 1 N–H and O–H groups in total. The second-order valence-corrected chi connectivity index (χ2v) is 7.63. The fourth-order valence-corrected chi connectivity index (χ4v) is 3.54. The molecule has 2 heterocycles. The first-order chi connectivity index (χ1) is 14.1. The molecule has 3 rings (SSSR count). The van der Waals surface area contributed by atoms with Crippen molar-refractivity contribution < 1.29 is 19.0 Å². The van der Waals surface area contributed by atoms with Gasteiger partial charge in [0.25, 0.3) is 5.91 Å². The third kappa shape index (κ3) is 5.79. The van der Waals surface area contributed by atoms with Gasteiger partial charge in [0, 0.05) is 18.5 Å². The van der Waals surface area contributed by atoms with Gasteiger partial charge in [-0.3, -0.25) is 4.79 Å². The summed E-state index contributed by atoms with van der Waals surface area (Å²) in [5.74, 6) is 0.667. The SMILES string of the molecule is COc1cc(/C=C(\C#N)C(=O)NC[C@@H]2CCCO2)ccc1OCc1csc(C)n1. The number of nitrogens with one attached hydrogen (secondary N) is 1. The smallest absolute Gasteiger partial charge is 0.262 e. The molecule has 152 valence electrons. The third-order valence-corrected chi connectivity index (χ3v) is 5.24. The van der Waals surface area contributed by atoms with Crippen molar-refractivity contribution in [2.45, 2.75) is 32.5 Å². The number of aromatic nitrogens is 1. The highest BCUT2D eigenvalue weighted by molar-refractivity contribution is 7.09. The standard InChI is InChI=1S/C21H23N3O4S/c1-14-24-17(13-29-14)12-28-19-6-5-15(9-20(19)26-2)8-16(10-22)21(25)23-11-18-4-3-7-27-18/h5-6,8-9,13,18H,3-4,7,11-12H2,1-2H3,(H,23,25)/b16-8+/t18-/m0/s1. The van der Waals surface area contributed by atoms with Crippen LogP contribution in [0.4, 0.5) is 0 Å². The highest BCUT2D eigenvalue weighted by Crippen LogP contribution is 2.29. The zero-order chi connectivity index (χ0) is 20.6. The van der Waals surface area contributed by atoms with Crippen LogP contribution in [-0.4, -0.2) is 37.3 Å². The molecule has 0 aliphatic carbocycles. The second-order valence-electron chi connectivity index (χ2n) is 6.57. The van der Waals surface area contributed by atoms with Crippen LogP contribution < -0.4 is 14.8 Å². The van der Waals surface area contributed by atoms with Crippen LogP contribution in [0, 0.1) is 18.3 Å². The Balaban J connectivity index is 1.66. The molecule has 1 fully saturated rings. The average molecular weight is 413 g/mol. The van der Waals surface area contributed by atoms with Gasteiger partial charge in [-0.05, 0) is 43.5 Å². The highest BCUT2D eigenvalue weighted by Gasteiger charge is 2.18. The number of ether oxygens (including phenoxy) is 3. The molecule has 2 aromatic rings. The van der Waals surface area contributed by atoms with Crippen molar-refractivity contribution in [2.75, 3.05) is 20.3 Å². The maximum atomic E-state index is 12.3. The maximum absolute atomic E-state index is 12.3. The Kier molecular flexibility index (Phi) is 7.22. The van der Waals surface area contributed by atoms with E-state index >= 15 is 0 Å². The Morgan fingerprint density at radius 1 is 1.48 bits per heavy atom. The van der Waals surface area contributed by atoms with Gasteiger partial charge in [-0.1, -0.05) is 6.07 Å². The molecule has 1 saturated heterocycles. The molecule has 0 radical (unpaired) electrons. The van der Waals surface area contributed by atoms with E-state index in [2.05, 4.69) is 10.3 Å². The average Bonchev–Trinajstić information content (AvgIpc) is 3.40. The molecule has 1 atom stereocenters. The van der Waals surface area contributed by atoms with Crippen molar-refractivity contribution in [3.05, 3.63) is 45.4 Å². The summed E-state index contributed by atoms with van der Waals surface area (Å²) in [5, 5.41) is 15.1. The number of carbonyl (C=O) groups is 1. The lowest BCUT2D eigenvalue weighted by Crippen LogP contribution is -2.32. The van der Waals surface area contributed by atoms with Gasteiger partial charge in [-0.15, -0.1) is 11.3 Å². The fourth-order valence-electron chi connectivity index (χ4n) is 2.94. The second kappa shape index (κ2) is 10.0. The number of thiazole rings is 1. The molecule has 29 heavy (non-hydrogen) atoms. The lowest BCUT2D eigenvalue weighted by Gasteiger charge is -2.11. The Labute approximate surface area is 173 Å². The van der Waals surface area contributed by atoms with Crippen molar-refractivity contribution in [2.24, 2.45) is 0 Å². The topological polar surface area (TPSA) is 93.5 Å². The Morgan fingerprint density at radius 3 is 3.00 bits per heavy atom. The van der Waals surface area contributed by atoms with E-state index in [0.29, 0.717) is 30.2 Å². The van der Waals surface area contributed by atoms with E-state index in [1.807, 2.05) is 18.4 Å². The molecule has 1 aliphatic heterocycles. The molecule has 0 unspecified atom stereocenters. The van der Waals surface area contributed by atoms with Crippen LogP contribution in [0.1, 0.15) is 29.1 Å². The fraction of sp³-hybridized carbons (Fsp3) is 0.381. The normalized spacial score (nSPS) is 16.3. The Hall–Kier alpha value is -2.89. The number of methoxy groups -OCH3 is 1. The van der Waals surface area contributed by atoms with Crippen molar-refractivity contribution in [1.29, 1.82) is 5.26 Å². The minimum atomic E-state index is -0.416. The molecule has 8 heteroatoms. The summed E-state index contributed by atoms with van der Waals surface area (Å²) < 4.78 is 16.7. The van der Waals surface area contributed by atoms with Crippen LogP contribution in [0.15, 0.2) is 29.2 Å². The van der Waals surface area contributed by atoms with Crippen LogP contribution >= 0.6 is 11.3 Å². The van der Waals surface area contributed by atoms with Gasteiger partial charge < -0.3 is 19.5 Å². The van der Waals surface area contributed by atoms with Crippen LogP contribution in [0.25, 0.3) is 6.08 Å². The number of nitriles is 1. The Morgan fingerprint density at radius 2 is 2.34 bits per heavy atom. The van der Waals surface area contributed by atoms with Gasteiger partial charge in [0.2, 0.25) is 0 Å². The van der Waals surface area contributed by atoms with Crippen LogP contribution in [0.2, 0.25) is 0 Å². The molecule has 7 nitrogen and oxygen atoms in total. The van der Waals surface area contributed by atoms with E-state index in [4.69, 9.17) is 14.2 Å². The van der Waals surface area contributed by atoms with E-state index in [1.165, 1.54) is 6.08 Å². The zero-order valence-corrected chi connectivity index (χ0v) is 17.3. The van der Waals surface area contributed by atoms with E-state index in [-0.39, 0.29) is 11.7 Å². The van der Waals surface area contributed by atoms with E-state index in [9.17, 15) is 10.1 Å². The summed E-state index contributed by atoms with van der Waals surface area (Å²) in [5.41, 5.74) is 1.55. The first kappa shape index (κ1) is 20.8. The lowest BCUT2D eigenvalue weighted by molar-refractivity contribution is -0.117. The Bertz CT molecular complexity index is 926. The molecule has 1 aliphatic rings. The third-order valence-electron chi connectivity index (χ3n) is 4.42. The number of aryl methyl sites for hydroxylation is 1. The summed E-state index contributed by atoms with van der Waals surface area (Å²) in [6, 6.07) is 7.21. The van der Waals surface area contributed by atoms with E-state index in [1.54, 1.807) is 36.6 Å². The van der Waals surface area contributed by atoms with Crippen LogP contribution in [0.3, 0.4) is 0 Å². The predicted octanol–water partition coefficient (Wildman–Crippen LogP) is 3.24. The van der Waals surface area contributed by atoms with Crippen molar-refractivity contribution in [3.8, 4) is 17.6 Å². The van der Waals surface area contributed by atoms with E-state index in [0.717, 1.165) is 30.2 Å². The molecule has 0 bridgehead atoms. The number of rotatable bonds is 8. The summed E-state index contributed by atoms with van der Waals surface area (Å²) in [4.78, 5) is 16.7. The van der Waals surface area contributed by atoms with Gasteiger partial charge in [0.1, 0.15) is 18.2 Å². The lowest BCUT2D eigenvalue weighted by atomic mass is 10.1. The van der Waals surface area contributed by atoms with Crippen molar-refractivity contribution >= 4 is 23.3 Å². The summed E-state index contributed by atoms with van der Waals surface area (Å²) >= 11 is 1.57. The molecule has 1 amide bonds. The van der Waals surface area contributed by atoms with Gasteiger partial charge in [0.15, 0.2) is 11.5 Å². The number of benzene rings is 1. The van der Waals surface area contributed by atoms with Crippen molar-refractivity contribution in [1.82, 2.24) is 10.3 Å². The maximum Gasteiger partial charge on any atom is 0.262 e. The van der Waals surface area contributed by atoms with Gasteiger partial charge in [0.05, 0.1) is 23.9 Å². The zero-order valence-electron chi connectivity index (χ0n) is 16.4. The van der Waals surface area contributed by atoms with Crippen molar-refractivity contribution in [3.63, 3.8) is 0 Å². The largest absolute Gasteiger partial charge is 0.493 e. The highest BCUT2D eigenvalue weighted by atomic mass is 32.1. The number of carbonyl (C=O) groups excluding carboxylic acids is 1. The molecule has 0 spiro atoms. The van der Waals surface area contributed by atoms with Gasteiger partial charge in [-0.25, -0.2) is 4.98 Å². The van der Waals surface area contributed by atoms with E-state index < -0.39 is 5.91 Å². The van der Waals surface area contributed by atoms with Crippen LogP contribution in [0.5, 0.6) is 11.5 Å². The molecular weight excluding hydrogens is 390 g/mol. The minimum Gasteiger partial charge on any atom is -0.493 e. The quantitative estimate of drug-likeness (QED) is 0.527. The monoisotopic (exact) mass is 413 g/mol. The number of amides is 1. The predicted molar refractivity (Wildman–Crippen MR) is 110 cm³/mol. The van der Waals surface area contributed by atoms with Gasteiger partial charge >= 0.3 is 0 Å². The number of hydrogen-bond acceptors (Lipinski definition) is 7. The molecule has 1 aromatic carbocycles. The van der Waals surface area contributed by atoms with Crippen LogP contribution in [-0.2, 0) is 16.1 Å². The first-order valence-corrected chi connectivity index (χ1v) is 10.2. The van der Waals surface area contributed by atoms with Gasteiger partial charge in [-0.2, -0.15) is 5.26 Å². The molecule has 1 aromatic heterocycles. The molecule has 0 saturated carbocycles. The summed E-state index contributed by atoms with van der Waals surface area (Å²) in [6.07, 6.45) is 3.47. The number of nitrogens with zero attached hydrogens (tertiary/aromatic N) is 2. The molecular formula is C21H23N3O4S. The number of hydrogen-bond donors (Lipinski definition) is 1.